The van der Waals surface area contributed by atoms with Crippen molar-refractivity contribution in [3.05, 3.63) is 96.2 Å². The number of benzene rings is 2. The smallest absolute Gasteiger partial charge is 0.274 e. The molecule has 0 aliphatic carbocycles. The van der Waals surface area contributed by atoms with Gasteiger partial charge in [-0.05, 0) is 44.2 Å². The number of aryl methyl sites for hydroxylation is 2. The number of carbonyl (C=O) groups excluding carboxylic acids is 1. The number of anilines is 1. The van der Waals surface area contributed by atoms with Gasteiger partial charge in [0.05, 0.1) is 23.6 Å². The molecular formula is C28H27N7O. The van der Waals surface area contributed by atoms with Gasteiger partial charge >= 0.3 is 0 Å². The zero-order valence-corrected chi connectivity index (χ0v) is 20.4. The van der Waals surface area contributed by atoms with Gasteiger partial charge in [0, 0.05) is 44.3 Å². The molecule has 8 nitrogen and oxygen atoms in total. The van der Waals surface area contributed by atoms with Crippen molar-refractivity contribution in [3.8, 4) is 17.2 Å². The molecule has 8 heteroatoms. The van der Waals surface area contributed by atoms with E-state index < -0.39 is 0 Å². The molecule has 4 heterocycles. The van der Waals surface area contributed by atoms with E-state index in [1.54, 1.807) is 18.6 Å². The summed E-state index contributed by atoms with van der Waals surface area (Å²) in [6.45, 7) is 7.00. The Labute approximate surface area is 209 Å². The lowest BCUT2D eigenvalue weighted by molar-refractivity contribution is 0.0743. The molecule has 0 spiro atoms. The first-order valence-electron chi connectivity index (χ1n) is 12.1. The maximum Gasteiger partial charge on any atom is 0.274 e. The third-order valence-corrected chi connectivity index (χ3v) is 6.77. The van der Waals surface area contributed by atoms with Crippen molar-refractivity contribution in [1.29, 1.82) is 0 Å². The highest BCUT2D eigenvalue weighted by molar-refractivity contribution is 6.00. The van der Waals surface area contributed by atoms with Crippen molar-refractivity contribution in [2.24, 2.45) is 0 Å². The minimum atomic E-state index is -0.0725. The third kappa shape index (κ3) is 3.90. The molecule has 1 saturated heterocycles. The number of fused-ring (bicyclic) bond motifs is 1. The monoisotopic (exact) mass is 477 g/mol. The first-order valence-corrected chi connectivity index (χ1v) is 12.1. The van der Waals surface area contributed by atoms with Crippen LogP contribution in [0.15, 0.2) is 79.4 Å². The highest BCUT2D eigenvalue weighted by Gasteiger charge is 2.27. The van der Waals surface area contributed by atoms with Crippen LogP contribution in [0, 0.1) is 13.8 Å². The normalized spacial score (nSPS) is 13.9. The van der Waals surface area contributed by atoms with Gasteiger partial charge in [-0.3, -0.25) is 14.2 Å². The van der Waals surface area contributed by atoms with E-state index in [1.165, 1.54) is 16.8 Å². The molecule has 1 aliphatic rings. The number of hydrogen-bond acceptors (Lipinski definition) is 5. The largest absolute Gasteiger partial charge is 0.368 e. The SMILES string of the molecule is Cc1ccc(N2CCN(C(=O)c3nc(-c4ccnn4-c4ccc(C)cc4)n4ccncc34)CC2)cc1. The van der Waals surface area contributed by atoms with E-state index in [-0.39, 0.29) is 5.91 Å². The molecule has 2 aromatic carbocycles. The number of imidazole rings is 1. The zero-order valence-electron chi connectivity index (χ0n) is 20.4. The van der Waals surface area contributed by atoms with Crippen molar-refractivity contribution < 1.29 is 4.79 Å². The predicted octanol–water partition coefficient (Wildman–Crippen LogP) is 4.16. The van der Waals surface area contributed by atoms with Gasteiger partial charge in [-0.15, -0.1) is 0 Å². The number of hydrogen-bond donors (Lipinski definition) is 0. The Morgan fingerprint density at radius 3 is 2.17 bits per heavy atom. The Balaban J connectivity index is 1.30. The fourth-order valence-electron chi connectivity index (χ4n) is 4.71. The van der Waals surface area contributed by atoms with Gasteiger partial charge in [-0.25, -0.2) is 9.67 Å². The molecule has 0 N–H and O–H groups in total. The van der Waals surface area contributed by atoms with Crippen LogP contribution in [-0.2, 0) is 0 Å². The molecule has 180 valence electrons. The summed E-state index contributed by atoms with van der Waals surface area (Å²) in [7, 11) is 0. The molecule has 0 radical (unpaired) electrons. The second kappa shape index (κ2) is 8.96. The lowest BCUT2D eigenvalue weighted by Crippen LogP contribution is -2.49. The highest BCUT2D eigenvalue weighted by Crippen LogP contribution is 2.26. The van der Waals surface area contributed by atoms with E-state index in [9.17, 15) is 4.79 Å². The number of piperazine rings is 1. The summed E-state index contributed by atoms with van der Waals surface area (Å²) in [5.74, 6) is 0.587. The minimum Gasteiger partial charge on any atom is -0.368 e. The van der Waals surface area contributed by atoms with Crippen LogP contribution < -0.4 is 4.90 Å². The molecule has 6 rings (SSSR count). The van der Waals surface area contributed by atoms with Gasteiger partial charge in [0.1, 0.15) is 5.69 Å². The van der Waals surface area contributed by atoms with Crippen LogP contribution in [-0.4, -0.2) is 61.1 Å². The van der Waals surface area contributed by atoms with Crippen LogP contribution in [0.1, 0.15) is 21.6 Å². The minimum absolute atomic E-state index is 0.0725. The molecule has 0 atom stereocenters. The Morgan fingerprint density at radius 2 is 1.47 bits per heavy atom. The van der Waals surface area contributed by atoms with Crippen molar-refractivity contribution in [2.45, 2.75) is 13.8 Å². The van der Waals surface area contributed by atoms with E-state index in [2.05, 4.69) is 65.2 Å². The second-order valence-corrected chi connectivity index (χ2v) is 9.19. The quantitative estimate of drug-likeness (QED) is 0.389. The second-order valence-electron chi connectivity index (χ2n) is 9.19. The van der Waals surface area contributed by atoms with E-state index in [0.717, 1.165) is 24.5 Å². The van der Waals surface area contributed by atoms with Crippen molar-refractivity contribution in [2.75, 3.05) is 31.1 Å². The molecule has 0 bridgehead atoms. The fraction of sp³-hybridized carbons (Fsp3) is 0.214. The Kier molecular flexibility index (Phi) is 5.48. The van der Waals surface area contributed by atoms with Crippen LogP contribution in [0.3, 0.4) is 0 Å². The predicted molar refractivity (Wildman–Crippen MR) is 140 cm³/mol. The zero-order chi connectivity index (χ0) is 24.6. The van der Waals surface area contributed by atoms with Crippen molar-refractivity contribution in [3.63, 3.8) is 0 Å². The lowest BCUT2D eigenvalue weighted by Gasteiger charge is -2.36. The first-order chi connectivity index (χ1) is 17.6. The number of nitrogens with zero attached hydrogens (tertiary/aromatic N) is 7. The van der Waals surface area contributed by atoms with Crippen LogP contribution >= 0.6 is 0 Å². The van der Waals surface area contributed by atoms with Crippen LogP contribution in [0.25, 0.3) is 22.7 Å². The van der Waals surface area contributed by atoms with E-state index in [4.69, 9.17) is 4.98 Å². The summed E-state index contributed by atoms with van der Waals surface area (Å²) in [6, 6.07) is 18.6. The third-order valence-electron chi connectivity index (χ3n) is 6.77. The molecule has 0 saturated carbocycles. The summed E-state index contributed by atoms with van der Waals surface area (Å²) in [4.78, 5) is 27.0. The standard InChI is InChI=1S/C28H27N7O/c1-20-3-7-22(8-4-20)32-15-17-33(18-16-32)28(36)26-25-19-29-13-14-34(25)27(31-26)24-11-12-30-35(24)23-9-5-21(2)6-10-23/h3-14,19H,15-18H2,1-2H3. The maximum atomic E-state index is 13.7. The molecule has 1 amide bonds. The molecule has 1 aliphatic heterocycles. The van der Waals surface area contributed by atoms with Crippen LogP contribution in [0.4, 0.5) is 5.69 Å². The molecule has 5 aromatic rings. The summed E-state index contributed by atoms with van der Waals surface area (Å²) in [5.41, 5.74) is 6.46. The van der Waals surface area contributed by atoms with E-state index in [0.29, 0.717) is 30.1 Å². The topological polar surface area (TPSA) is 71.6 Å². The van der Waals surface area contributed by atoms with E-state index >= 15 is 0 Å². The summed E-state index contributed by atoms with van der Waals surface area (Å²) in [5, 5.41) is 4.53. The molecule has 36 heavy (non-hydrogen) atoms. The summed E-state index contributed by atoms with van der Waals surface area (Å²) in [6.07, 6.45) is 7.01. The Bertz CT molecular complexity index is 1520. The number of amides is 1. The number of carbonyl (C=O) groups is 1. The summed E-state index contributed by atoms with van der Waals surface area (Å²) < 4.78 is 3.77. The Hall–Kier alpha value is -4.46. The van der Waals surface area contributed by atoms with E-state index in [1.807, 2.05) is 38.4 Å². The molecular weight excluding hydrogens is 450 g/mol. The molecule has 0 unspecified atom stereocenters. The highest BCUT2D eigenvalue weighted by atomic mass is 16.2. The lowest BCUT2D eigenvalue weighted by atomic mass is 10.2. The van der Waals surface area contributed by atoms with Crippen molar-refractivity contribution in [1.82, 2.24) is 29.0 Å². The molecule has 1 fully saturated rings. The maximum absolute atomic E-state index is 13.7. The first kappa shape index (κ1) is 22.0. The van der Waals surface area contributed by atoms with Gasteiger partial charge in [0.2, 0.25) is 0 Å². The van der Waals surface area contributed by atoms with Gasteiger partial charge in [-0.2, -0.15) is 5.10 Å². The summed E-state index contributed by atoms with van der Waals surface area (Å²) >= 11 is 0. The average molecular weight is 478 g/mol. The van der Waals surface area contributed by atoms with Gasteiger partial charge < -0.3 is 9.80 Å². The number of aromatic nitrogens is 5. The van der Waals surface area contributed by atoms with Crippen LogP contribution in [0.2, 0.25) is 0 Å². The fourth-order valence-corrected chi connectivity index (χ4v) is 4.71. The average Bonchev–Trinajstić information content (AvgIpc) is 3.54. The van der Waals surface area contributed by atoms with Gasteiger partial charge in [0.15, 0.2) is 11.5 Å². The molecule has 3 aromatic heterocycles. The van der Waals surface area contributed by atoms with Gasteiger partial charge in [0.25, 0.3) is 5.91 Å². The van der Waals surface area contributed by atoms with Gasteiger partial charge in [-0.1, -0.05) is 35.4 Å². The number of rotatable bonds is 4. The van der Waals surface area contributed by atoms with Crippen LogP contribution in [0.5, 0.6) is 0 Å². The Morgan fingerprint density at radius 1 is 0.806 bits per heavy atom. The van der Waals surface area contributed by atoms with Crippen molar-refractivity contribution >= 4 is 17.1 Å².